The van der Waals surface area contributed by atoms with Gasteiger partial charge in [-0.15, -0.1) is 0 Å². The van der Waals surface area contributed by atoms with Gasteiger partial charge in [0.25, 0.3) is 0 Å². The number of hydrogen-bond acceptors (Lipinski definition) is 3. The van der Waals surface area contributed by atoms with Gasteiger partial charge in [0.2, 0.25) is 0 Å². The minimum atomic E-state index is -2.63. The van der Waals surface area contributed by atoms with Crippen LogP contribution in [0.3, 0.4) is 0 Å². The lowest BCUT2D eigenvalue weighted by Gasteiger charge is -1.95. The van der Waals surface area contributed by atoms with Crippen molar-refractivity contribution in [1.82, 2.24) is 0 Å². The monoisotopic (exact) mass is 105 g/mol. The van der Waals surface area contributed by atoms with Crippen molar-refractivity contribution in [2.75, 3.05) is 6.61 Å². The largest absolute Gasteiger partial charge is 0.396 e. The van der Waals surface area contributed by atoms with E-state index in [2.05, 4.69) is 10.2 Å². The van der Waals surface area contributed by atoms with Gasteiger partial charge in [-0.2, -0.15) is 10.2 Å². The fourth-order valence-corrected chi connectivity index (χ4v) is 0.231. The van der Waals surface area contributed by atoms with Crippen LogP contribution >= 0.6 is 0 Å². The van der Waals surface area contributed by atoms with E-state index in [-0.39, 0.29) is 0 Å². The van der Waals surface area contributed by atoms with Gasteiger partial charge in [0, 0.05) is 19.8 Å². The summed E-state index contributed by atoms with van der Waals surface area (Å²) in [4.78, 5) is 0. The van der Waals surface area contributed by atoms with E-state index in [9.17, 15) is 0 Å². The van der Waals surface area contributed by atoms with Crippen molar-refractivity contribution in [3.05, 3.63) is 0 Å². The van der Waals surface area contributed by atoms with Crippen LogP contribution in [0.2, 0.25) is 0 Å². The average Bonchev–Trinajstić information content (AvgIpc) is 2.63. The molecule has 1 heterocycles. The van der Waals surface area contributed by atoms with E-state index in [1.165, 1.54) is 0 Å². The molecule has 0 unspecified atom stereocenters. The summed E-state index contributed by atoms with van der Waals surface area (Å²) < 4.78 is 35.2. The van der Waals surface area contributed by atoms with Crippen LogP contribution < -0.4 is 0 Å². The number of hydrogen-bond donors (Lipinski definition) is 1. The number of aliphatic hydroxyl groups is 1. The molecule has 0 aliphatic carbocycles. The van der Waals surface area contributed by atoms with Crippen LogP contribution in [0.25, 0.3) is 0 Å². The molecule has 0 aromatic rings. The fraction of sp³-hybridized carbons (Fsp3) is 1.00. The van der Waals surface area contributed by atoms with Crippen LogP contribution in [0.5, 0.6) is 0 Å². The second-order valence-electron chi connectivity index (χ2n) is 1.21. The van der Waals surface area contributed by atoms with E-state index >= 15 is 0 Å². The Morgan fingerprint density at radius 1 is 2.00 bits per heavy atom. The second kappa shape index (κ2) is 1.26. The standard InChI is InChI=1S/C4H8N2O/c1-4(2-3-7)5-6-4/h7H,2-3H2,1H3/i1D3,2D2. The van der Waals surface area contributed by atoms with Gasteiger partial charge in [-0.1, -0.05) is 0 Å². The van der Waals surface area contributed by atoms with Crippen molar-refractivity contribution < 1.29 is 12.0 Å². The molecule has 40 valence electrons. The Kier molecular flexibility index (Phi) is 0.274. The summed E-state index contributed by atoms with van der Waals surface area (Å²) in [5.41, 5.74) is -2.03. The summed E-state index contributed by atoms with van der Waals surface area (Å²) in [5, 5.41) is 14.9. The molecular weight excluding hydrogens is 92.1 g/mol. The van der Waals surface area contributed by atoms with Crippen molar-refractivity contribution in [2.24, 2.45) is 10.2 Å². The molecular formula is C4H8N2O. The minimum Gasteiger partial charge on any atom is -0.396 e. The van der Waals surface area contributed by atoms with E-state index in [1.807, 2.05) is 0 Å². The zero-order valence-corrected chi connectivity index (χ0v) is 3.55. The zero-order valence-electron chi connectivity index (χ0n) is 8.55. The predicted octanol–water partition coefficient (Wildman–Crippen LogP) is 0.551. The van der Waals surface area contributed by atoms with Gasteiger partial charge >= 0.3 is 0 Å². The molecule has 0 fully saturated rings. The van der Waals surface area contributed by atoms with E-state index in [0.29, 0.717) is 0 Å². The van der Waals surface area contributed by atoms with Crippen LogP contribution in [0.4, 0.5) is 0 Å². The summed E-state index contributed by atoms with van der Waals surface area (Å²) in [7, 11) is 0. The molecule has 0 amide bonds. The molecule has 1 rings (SSSR count). The first kappa shape index (κ1) is 1.52. The predicted molar refractivity (Wildman–Crippen MR) is 25.0 cm³/mol. The SMILES string of the molecule is [2H]C([2H])([2H])C1(C([2H])([2H])CO)N=N1. The fourth-order valence-electron chi connectivity index (χ4n) is 0.231. The van der Waals surface area contributed by atoms with Crippen molar-refractivity contribution >= 4 is 0 Å². The Bertz CT molecular complexity index is 216. The maximum absolute atomic E-state index is 8.59. The molecule has 0 saturated heterocycles. The molecule has 0 spiro atoms. The Morgan fingerprint density at radius 3 is 2.86 bits per heavy atom. The zero-order chi connectivity index (χ0) is 9.62. The van der Waals surface area contributed by atoms with E-state index in [0.717, 1.165) is 0 Å². The molecule has 1 aliphatic heterocycles. The summed E-state index contributed by atoms with van der Waals surface area (Å²) in [5.74, 6) is 0. The Hall–Kier alpha value is -0.440. The van der Waals surface area contributed by atoms with E-state index in [4.69, 9.17) is 12.0 Å². The summed E-state index contributed by atoms with van der Waals surface area (Å²) >= 11 is 0. The van der Waals surface area contributed by atoms with Gasteiger partial charge in [-0.3, -0.25) is 0 Å². The molecule has 0 aromatic heterocycles. The number of aliphatic hydroxyl groups excluding tert-OH is 1. The second-order valence-corrected chi connectivity index (χ2v) is 1.21. The molecule has 7 heavy (non-hydrogen) atoms. The van der Waals surface area contributed by atoms with Crippen molar-refractivity contribution in [1.29, 1.82) is 0 Å². The third-order valence-electron chi connectivity index (χ3n) is 0.626. The van der Waals surface area contributed by atoms with Crippen molar-refractivity contribution in [3.8, 4) is 0 Å². The maximum atomic E-state index is 8.59. The Labute approximate surface area is 49.1 Å². The topological polar surface area (TPSA) is 45.0 Å². The molecule has 0 radical (unpaired) electrons. The lowest BCUT2D eigenvalue weighted by molar-refractivity contribution is 0.270. The van der Waals surface area contributed by atoms with Gasteiger partial charge in [-0.05, 0) is 6.85 Å². The lowest BCUT2D eigenvalue weighted by Crippen LogP contribution is -2.05. The molecule has 0 bridgehead atoms. The lowest BCUT2D eigenvalue weighted by atomic mass is 10.2. The first-order valence-corrected chi connectivity index (χ1v) is 1.82. The molecule has 1 N–H and O–H groups in total. The molecule has 0 saturated carbocycles. The highest BCUT2D eigenvalue weighted by molar-refractivity contribution is 4.86. The highest BCUT2D eigenvalue weighted by atomic mass is 16.3. The average molecular weight is 105 g/mol. The Morgan fingerprint density at radius 2 is 2.71 bits per heavy atom. The summed E-state index contributed by atoms with van der Waals surface area (Å²) in [6.45, 7) is -3.53. The van der Waals surface area contributed by atoms with Crippen LogP contribution in [0, 0.1) is 0 Å². The molecule has 0 atom stereocenters. The minimum absolute atomic E-state index is 0.904. The van der Waals surface area contributed by atoms with Gasteiger partial charge in [0.05, 0.1) is 0 Å². The van der Waals surface area contributed by atoms with Gasteiger partial charge in [0.15, 0.2) is 5.66 Å². The summed E-state index contributed by atoms with van der Waals surface area (Å²) in [6, 6.07) is 0. The van der Waals surface area contributed by atoms with E-state index < -0.39 is 25.5 Å². The number of rotatable bonds is 2. The highest BCUT2D eigenvalue weighted by Gasteiger charge is 2.32. The van der Waals surface area contributed by atoms with Crippen LogP contribution in [-0.2, 0) is 0 Å². The Balaban J connectivity index is 2.88. The molecule has 3 heteroatoms. The first-order valence-electron chi connectivity index (χ1n) is 4.32. The maximum Gasteiger partial charge on any atom is 0.190 e. The smallest absolute Gasteiger partial charge is 0.190 e. The van der Waals surface area contributed by atoms with Crippen molar-refractivity contribution in [2.45, 2.75) is 18.9 Å². The molecule has 1 aliphatic rings. The van der Waals surface area contributed by atoms with Crippen LogP contribution in [0.15, 0.2) is 10.2 Å². The van der Waals surface area contributed by atoms with Crippen molar-refractivity contribution in [3.63, 3.8) is 0 Å². The quantitative estimate of drug-likeness (QED) is 0.547. The van der Waals surface area contributed by atoms with Gasteiger partial charge in [0.1, 0.15) is 0 Å². The highest BCUT2D eigenvalue weighted by Crippen LogP contribution is 2.29. The van der Waals surface area contributed by atoms with Gasteiger partial charge in [-0.25, -0.2) is 0 Å². The third-order valence-corrected chi connectivity index (χ3v) is 0.626. The third kappa shape index (κ3) is 0.962. The van der Waals surface area contributed by atoms with Gasteiger partial charge < -0.3 is 5.11 Å². The molecule has 3 nitrogen and oxygen atoms in total. The van der Waals surface area contributed by atoms with E-state index in [1.54, 1.807) is 0 Å². The summed E-state index contributed by atoms with van der Waals surface area (Å²) in [6.07, 6.45) is -2.31. The van der Waals surface area contributed by atoms with Crippen LogP contribution in [-0.4, -0.2) is 17.4 Å². The van der Waals surface area contributed by atoms with Crippen LogP contribution in [0.1, 0.15) is 20.1 Å². The number of nitrogens with zero attached hydrogens (tertiary/aromatic N) is 2. The molecule has 0 aromatic carbocycles. The first-order chi connectivity index (χ1) is 5.27. The normalized spacial score (nSPS) is 37.0.